The molecule has 8 heteroatoms. The van der Waals surface area contributed by atoms with Crippen molar-refractivity contribution in [3.63, 3.8) is 0 Å². The number of likely N-dealkylation sites (tertiary alicyclic amines) is 1. The van der Waals surface area contributed by atoms with E-state index in [2.05, 4.69) is 10.2 Å². The lowest BCUT2D eigenvalue weighted by atomic mass is 10.0. The zero-order valence-electron chi connectivity index (χ0n) is 17.7. The number of carbonyl (C=O) groups excluding carboxylic acids is 1. The minimum Gasteiger partial charge on any atom is -0.490 e. The van der Waals surface area contributed by atoms with Crippen LogP contribution in [0.25, 0.3) is 0 Å². The average Bonchev–Trinajstić information content (AvgIpc) is 2.75. The summed E-state index contributed by atoms with van der Waals surface area (Å²) in [4.78, 5) is 13.6. The smallest absolute Gasteiger partial charge is 0.221 e. The number of ether oxygens (including phenoxy) is 2. The highest BCUT2D eigenvalue weighted by atomic mass is 35.5. The van der Waals surface area contributed by atoms with Gasteiger partial charge in [0.1, 0.15) is 30.3 Å². The van der Waals surface area contributed by atoms with Gasteiger partial charge in [0, 0.05) is 32.1 Å². The summed E-state index contributed by atoms with van der Waals surface area (Å²) in [6.07, 6.45) is 1.13. The molecular formula is C23H28Cl2N2O4. The highest BCUT2D eigenvalue weighted by Crippen LogP contribution is 2.29. The van der Waals surface area contributed by atoms with E-state index in [1.54, 1.807) is 24.3 Å². The Bertz CT molecular complexity index is 888. The van der Waals surface area contributed by atoms with Gasteiger partial charge in [0.05, 0.1) is 15.7 Å². The van der Waals surface area contributed by atoms with Gasteiger partial charge in [-0.15, -0.1) is 0 Å². The van der Waals surface area contributed by atoms with Crippen molar-refractivity contribution in [3.05, 3.63) is 52.5 Å². The lowest BCUT2D eigenvalue weighted by Gasteiger charge is -2.37. The second-order valence-corrected chi connectivity index (χ2v) is 8.54. The zero-order chi connectivity index (χ0) is 22.4. The van der Waals surface area contributed by atoms with Gasteiger partial charge in [-0.25, -0.2) is 0 Å². The molecule has 1 amide bonds. The number of benzene rings is 2. The van der Waals surface area contributed by atoms with Crippen molar-refractivity contribution in [3.8, 4) is 11.5 Å². The van der Waals surface area contributed by atoms with Gasteiger partial charge in [-0.05, 0) is 44.0 Å². The summed E-state index contributed by atoms with van der Waals surface area (Å²) in [5.74, 6) is 1.08. The number of nitrogens with zero attached hydrogens (tertiary/aromatic N) is 1. The highest BCUT2D eigenvalue weighted by molar-refractivity contribution is 6.42. The summed E-state index contributed by atoms with van der Waals surface area (Å²) >= 11 is 12.0. The maximum Gasteiger partial charge on any atom is 0.221 e. The van der Waals surface area contributed by atoms with E-state index in [1.807, 2.05) is 25.1 Å². The van der Waals surface area contributed by atoms with Gasteiger partial charge in [-0.2, -0.15) is 0 Å². The molecule has 0 saturated carbocycles. The number of nitrogens with one attached hydrogen (secondary N) is 1. The van der Waals surface area contributed by atoms with Crippen LogP contribution < -0.4 is 14.8 Å². The molecule has 1 fully saturated rings. The number of rotatable bonds is 8. The number of hydrogen-bond donors (Lipinski definition) is 2. The van der Waals surface area contributed by atoms with Crippen molar-refractivity contribution >= 4 is 34.8 Å². The van der Waals surface area contributed by atoms with Crippen LogP contribution in [0, 0.1) is 0 Å². The quantitative estimate of drug-likeness (QED) is 0.593. The molecule has 2 aromatic carbocycles. The van der Waals surface area contributed by atoms with Crippen LogP contribution in [0.2, 0.25) is 10.0 Å². The number of aliphatic hydroxyl groups is 1. The maximum atomic E-state index is 11.3. The van der Waals surface area contributed by atoms with Gasteiger partial charge >= 0.3 is 0 Å². The predicted molar refractivity (Wildman–Crippen MR) is 123 cm³/mol. The fourth-order valence-corrected chi connectivity index (χ4v) is 3.87. The molecule has 0 bridgehead atoms. The van der Waals surface area contributed by atoms with Crippen LogP contribution in [0.5, 0.6) is 11.5 Å². The number of amides is 1. The number of para-hydroxylation sites is 2. The number of carbonyl (C=O) groups is 1. The summed E-state index contributed by atoms with van der Waals surface area (Å²) in [6.45, 7) is 5.20. The molecule has 0 radical (unpaired) electrons. The molecule has 31 heavy (non-hydrogen) atoms. The third-order valence-electron chi connectivity index (χ3n) is 5.41. The molecule has 2 aromatic rings. The van der Waals surface area contributed by atoms with Crippen molar-refractivity contribution in [1.29, 1.82) is 0 Å². The number of halogens is 2. The van der Waals surface area contributed by atoms with Crippen molar-refractivity contribution in [2.45, 2.75) is 44.9 Å². The van der Waals surface area contributed by atoms with E-state index in [1.165, 1.54) is 6.92 Å². The number of anilines is 1. The molecule has 1 aliphatic rings. The summed E-state index contributed by atoms with van der Waals surface area (Å²) in [7, 11) is 0. The average molecular weight is 467 g/mol. The summed E-state index contributed by atoms with van der Waals surface area (Å²) in [5.41, 5.74) is 0.593. The van der Waals surface area contributed by atoms with Gasteiger partial charge < -0.3 is 19.9 Å². The Morgan fingerprint density at radius 1 is 1.19 bits per heavy atom. The third-order valence-corrected chi connectivity index (χ3v) is 6.15. The topological polar surface area (TPSA) is 71.0 Å². The van der Waals surface area contributed by atoms with Gasteiger partial charge in [-0.1, -0.05) is 35.3 Å². The van der Waals surface area contributed by atoms with Crippen LogP contribution in [-0.4, -0.2) is 53.9 Å². The zero-order valence-corrected chi connectivity index (χ0v) is 19.2. The lowest BCUT2D eigenvalue weighted by molar-refractivity contribution is -0.114. The van der Waals surface area contributed by atoms with Crippen LogP contribution in [0.4, 0.5) is 5.69 Å². The molecule has 1 unspecified atom stereocenters. The Labute approximate surface area is 193 Å². The summed E-state index contributed by atoms with van der Waals surface area (Å²) in [6, 6.07) is 12.4. The van der Waals surface area contributed by atoms with Crippen molar-refractivity contribution < 1.29 is 19.4 Å². The fraction of sp³-hybridized carbons (Fsp3) is 0.435. The summed E-state index contributed by atoms with van der Waals surface area (Å²) in [5, 5.41) is 14.4. The SMILES string of the molecule is CC(=O)Nc1ccccc1OCC(O)[C@H](C)N1CCC(Oc2ccc(Cl)c(Cl)c2)CC1. The van der Waals surface area contributed by atoms with Crippen LogP contribution in [0.15, 0.2) is 42.5 Å². The molecule has 2 atom stereocenters. The van der Waals surface area contributed by atoms with E-state index in [-0.39, 0.29) is 24.7 Å². The lowest BCUT2D eigenvalue weighted by Crippen LogP contribution is -2.49. The van der Waals surface area contributed by atoms with E-state index in [0.717, 1.165) is 25.9 Å². The van der Waals surface area contributed by atoms with Gasteiger partial charge in [0.2, 0.25) is 5.91 Å². The maximum absolute atomic E-state index is 11.3. The Hall–Kier alpha value is -1.99. The molecule has 1 saturated heterocycles. The van der Waals surface area contributed by atoms with Crippen molar-refractivity contribution in [2.75, 3.05) is 25.0 Å². The number of hydrogen-bond acceptors (Lipinski definition) is 5. The minimum absolute atomic E-state index is 0.0705. The Balaban J connectivity index is 1.47. The first kappa shape index (κ1) is 23.7. The van der Waals surface area contributed by atoms with E-state index in [4.69, 9.17) is 32.7 Å². The molecule has 0 aliphatic carbocycles. The fourth-order valence-electron chi connectivity index (χ4n) is 3.59. The van der Waals surface area contributed by atoms with E-state index < -0.39 is 6.10 Å². The Morgan fingerprint density at radius 2 is 1.90 bits per heavy atom. The van der Waals surface area contributed by atoms with E-state index in [9.17, 15) is 9.90 Å². The molecule has 2 N–H and O–H groups in total. The molecule has 0 aromatic heterocycles. The van der Waals surface area contributed by atoms with Gasteiger partial charge in [0.25, 0.3) is 0 Å². The van der Waals surface area contributed by atoms with Gasteiger partial charge in [-0.3, -0.25) is 9.69 Å². The second-order valence-electron chi connectivity index (χ2n) is 7.73. The number of aliphatic hydroxyl groups excluding tert-OH is 1. The van der Waals surface area contributed by atoms with Crippen molar-refractivity contribution in [2.24, 2.45) is 0 Å². The highest BCUT2D eigenvalue weighted by Gasteiger charge is 2.28. The molecule has 6 nitrogen and oxygen atoms in total. The summed E-state index contributed by atoms with van der Waals surface area (Å²) < 4.78 is 11.8. The van der Waals surface area contributed by atoms with E-state index in [0.29, 0.717) is 27.2 Å². The van der Waals surface area contributed by atoms with Crippen LogP contribution in [0.1, 0.15) is 26.7 Å². The molecule has 168 valence electrons. The third kappa shape index (κ3) is 6.74. The monoisotopic (exact) mass is 466 g/mol. The van der Waals surface area contributed by atoms with Crippen molar-refractivity contribution in [1.82, 2.24) is 4.90 Å². The Morgan fingerprint density at radius 3 is 2.58 bits per heavy atom. The second kappa shape index (κ2) is 11.0. The standard InChI is InChI=1S/C23H28Cl2N2O4/c1-15(22(29)14-30-23-6-4-3-5-21(23)26-16(2)28)27-11-9-17(10-12-27)31-18-7-8-19(24)20(25)13-18/h3-8,13,15,17,22,29H,9-12,14H2,1-2H3,(H,26,28)/t15-,22?/m0/s1. The molecule has 1 heterocycles. The molecular weight excluding hydrogens is 439 g/mol. The minimum atomic E-state index is -0.669. The largest absolute Gasteiger partial charge is 0.490 e. The Kier molecular flexibility index (Phi) is 8.43. The van der Waals surface area contributed by atoms with Gasteiger partial charge in [0.15, 0.2) is 0 Å². The number of piperidine rings is 1. The molecule has 1 aliphatic heterocycles. The normalized spacial score (nSPS) is 17.1. The molecule has 0 spiro atoms. The first-order valence-corrected chi connectivity index (χ1v) is 11.1. The molecule has 3 rings (SSSR count). The van der Waals surface area contributed by atoms with Crippen LogP contribution in [0.3, 0.4) is 0 Å². The first-order chi connectivity index (χ1) is 14.8. The van der Waals surface area contributed by atoms with Crippen LogP contribution >= 0.6 is 23.2 Å². The van der Waals surface area contributed by atoms with Crippen LogP contribution in [-0.2, 0) is 4.79 Å². The first-order valence-electron chi connectivity index (χ1n) is 10.4. The predicted octanol–water partition coefficient (Wildman–Crippen LogP) is 4.62. The van der Waals surface area contributed by atoms with E-state index >= 15 is 0 Å².